The third-order valence-electron chi connectivity index (χ3n) is 9.47. The summed E-state index contributed by atoms with van der Waals surface area (Å²) in [6.07, 6.45) is 16.0. The summed E-state index contributed by atoms with van der Waals surface area (Å²) in [6.45, 7) is 2.54. The molecule has 0 aromatic heterocycles. The van der Waals surface area contributed by atoms with Crippen molar-refractivity contribution in [3.8, 4) is 0 Å². The van der Waals surface area contributed by atoms with Gasteiger partial charge in [-0.05, 0) is 105 Å². The van der Waals surface area contributed by atoms with Crippen molar-refractivity contribution in [3.63, 3.8) is 0 Å². The molecule has 1 N–H and O–H groups in total. The molecule has 2 nitrogen and oxygen atoms in total. The van der Waals surface area contributed by atoms with Crippen LogP contribution in [0.25, 0.3) is 0 Å². The summed E-state index contributed by atoms with van der Waals surface area (Å²) in [6, 6.07) is 0. The Bertz CT molecular complexity index is 581. The second-order valence-corrected chi connectivity index (χ2v) is 9.94. The van der Waals surface area contributed by atoms with E-state index in [1.54, 1.807) is 0 Å². The van der Waals surface area contributed by atoms with Crippen LogP contribution in [0.3, 0.4) is 0 Å². The Labute approximate surface area is 146 Å². The fraction of sp³-hybridized carbons (Fsp3) is 0.864. The maximum Gasteiger partial charge on any atom is 0.162 e. The number of aliphatic hydroxyl groups is 1. The Morgan fingerprint density at radius 3 is 2.71 bits per heavy atom. The predicted octanol–water partition coefficient (Wildman–Crippen LogP) is 4.52. The first-order chi connectivity index (χ1) is 11.6. The average molecular weight is 328 g/mol. The quantitative estimate of drug-likeness (QED) is 0.710. The average Bonchev–Trinajstić information content (AvgIpc) is 2.97. The van der Waals surface area contributed by atoms with Crippen LogP contribution in [-0.2, 0) is 4.79 Å². The van der Waals surface area contributed by atoms with Crippen molar-refractivity contribution in [2.75, 3.05) is 0 Å². The molecule has 0 radical (unpaired) electrons. The standard InChI is InChI=1S/C22H32O2/c1-21-11-9-16(23)13-15(21)5-7-17-18(21)10-12-22-14(6-8-19(17)22)3-2-4-20(22)24/h2,4,14-19,23H,3,5-13H2,1H3/t14-,15-,16+,17?,18?,19?,21-,22-/m0/s1. The zero-order valence-electron chi connectivity index (χ0n) is 15.0. The molecule has 8 atom stereocenters. The zero-order chi connectivity index (χ0) is 16.5. The molecule has 3 unspecified atom stereocenters. The van der Waals surface area contributed by atoms with Crippen molar-refractivity contribution in [3.05, 3.63) is 12.2 Å². The van der Waals surface area contributed by atoms with Crippen molar-refractivity contribution in [2.45, 2.75) is 77.2 Å². The molecule has 5 aliphatic carbocycles. The van der Waals surface area contributed by atoms with Gasteiger partial charge < -0.3 is 5.11 Å². The zero-order valence-corrected chi connectivity index (χ0v) is 15.0. The van der Waals surface area contributed by atoms with E-state index in [0.717, 1.165) is 43.4 Å². The van der Waals surface area contributed by atoms with Crippen LogP contribution >= 0.6 is 0 Å². The maximum atomic E-state index is 13.0. The molecular formula is C22H32O2. The van der Waals surface area contributed by atoms with Gasteiger partial charge in [0.25, 0.3) is 0 Å². The van der Waals surface area contributed by atoms with E-state index in [1.807, 2.05) is 6.08 Å². The SMILES string of the molecule is C[C@]12CC[C@@H](O)C[C@@H]1CCC1C2CC[C@]23C(=O)C=CC[C@H]2CCC13. The third-order valence-corrected chi connectivity index (χ3v) is 9.47. The van der Waals surface area contributed by atoms with Crippen molar-refractivity contribution in [1.82, 2.24) is 0 Å². The van der Waals surface area contributed by atoms with Crippen LogP contribution in [-0.4, -0.2) is 17.0 Å². The first kappa shape index (κ1) is 15.6. The fourth-order valence-corrected chi connectivity index (χ4v) is 8.35. The van der Waals surface area contributed by atoms with E-state index in [9.17, 15) is 9.90 Å². The second kappa shape index (κ2) is 5.19. The number of rotatable bonds is 0. The molecule has 4 fully saturated rings. The number of carbonyl (C=O) groups excluding carboxylic acids is 1. The van der Waals surface area contributed by atoms with Crippen molar-refractivity contribution in [1.29, 1.82) is 0 Å². The highest BCUT2D eigenvalue weighted by Gasteiger charge is 2.63. The number of ketones is 1. The van der Waals surface area contributed by atoms with Crippen LogP contribution in [0.4, 0.5) is 0 Å². The van der Waals surface area contributed by atoms with E-state index in [0.29, 0.717) is 23.0 Å². The summed E-state index contributed by atoms with van der Waals surface area (Å²) in [7, 11) is 0. The van der Waals surface area contributed by atoms with E-state index in [4.69, 9.17) is 0 Å². The molecule has 0 aliphatic heterocycles. The molecule has 5 aliphatic rings. The Balaban J connectivity index is 1.49. The Kier molecular flexibility index (Phi) is 3.38. The molecule has 1 spiro atoms. The van der Waals surface area contributed by atoms with Gasteiger partial charge in [0.2, 0.25) is 0 Å². The molecule has 5 rings (SSSR count). The van der Waals surface area contributed by atoms with Gasteiger partial charge in [0.1, 0.15) is 0 Å². The van der Waals surface area contributed by atoms with Crippen LogP contribution in [0.2, 0.25) is 0 Å². The van der Waals surface area contributed by atoms with Gasteiger partial charge in [-0.3, -0.25) is 4.79 Å². The highest BCUT2D eigenvalue weighted by Crippen LogP contribution is 2.68. The normalized spacial score (nSPS) is 56.2. The molecule has 2 heteroatoms. The summed E-state index contributed by atoms with van der Waals surface area (Å²) in [5.41, 5.74) is 0.447. The highest BCUT2D eigenvalue weighted by molar-refractivity contribution is 5.96. The molecule has 0 aromatic rings. The molecular weight excluding hydrogens is 296 g/mol. The van der Waals surface area contributed by atoms with E-state index in [1.165, 1.54) is 38.5 Å². The van der Waals surface area contributed by atoms with Crippen molar-refractivity contribution < 1.29 is 9.90 Å². The molecule has 0 saturated heterocycles. The minimum absolute atomic E-state index is 0.0211. The maximum absolute atomic E-state index is 13.0. The molecule has 0 bridgehead atoms. The van der Waals surface area contributed by atoms with Crippen molar-refractivity contribution in [2.24, 2.45) is 40.4 Å². The number of hydrogen-bond donors (Lipinski definition) is 1. The molecule has 0 heterocycles. The Morgan fingerprint density at radius 2 is 1.83 bits per heavy atom. The number of hydrogen-bond acceptors (Lipinski definition) is 2. The van der Waals surface area contributed by atoms with Crippen LogP contribution < -0.4 is 0 Å². The lowest BCUT2D eigenvalue weighted by Crippen LogP contribution is -2.56. The number of aliphatic hydroxyl groups excluding tert-OH is 1. The first-order valence-corrected chi connectivity index (χ1v) is 10.4. The van der Waals surface area contributed by atoms with Gasteiger partial charge in [0.15, 0.2) is 5.78 Å². The smallest absolute Gasteiger partial charge is 0.162 e. The lowest BCUT2D eigenvalue weighted by atomic mass is 9.43. The Hall–Kier alpha value is -0.630. The topological polar surface area (TPSA) is 37.3 Å². The van der Waals surface area contributed by atoms with Gasteiger partial charge in [0, 0.05) is 5.41 Å². The molecule has 0 aromatic carbocycles. The lowest BCUT2D eigenvalue weighted by molar-refractivity contribution is -0.152. The van der Waals surface area contributed by atoms with Gasteiger partial charge in [-0.2, -0.15) is 0 Å². The van der Waals surface area contributed by atoms with Gasteiger partial charge in [-0.1, -0.05) is 13.0 Å². The summed E-state index contributed by atoms with van der Waals surface area (Å²) in [5, 5.41) is 10.1. The third kappa shape index (κ3) is 1.84. The van der Waals surface area contributed by atoms with E-state index >= 15 is 0 Å². The first-order valence-electron chi connectivity index (χ1n) is 10.4. The largest absolute Gasteiger partial charge is 0.393 e. The van der Waals surface area contributed by atoms with E-state index in [-0.39, 0.29) is 11.5 Å². The summed E-state index contributed by atoms with van der Waals surface area (Å²) < 4.78 is 0. The summed E-state index contributed by atoms with van der Waals surface area (Å²) in [4.78, 5) is 13.0. The highest BCUT2D eigenvalue weighted by atomic mass is 16.3. The lowest BCUT2D eigenvalue weighted by Gasteiger charge is -2.61. The monoisotopic (exact) mass is 328 g/mol. The van der Waals surface area contributed by atoms with Gasteiger partial charge >= 0.3 is 0 Å². The van der Waals surface area contributed by atoms with E-state index < -0.39 is 0 Å². The minimum atomic E-state index is -0.0597. The molecule has 132 valence electrons. The van der Waals surface area contributed by atoms with Crippen molar-refractivity contribution >= 4 is 5.78 Å². The number of allylic oxidation sites excluding steroid dienone is 2. The van der Waals surface area contributed by atoms with Gasteiger partial charge in [0.05, 0.1) is 6.10 Å². The molecule has 24 heavy (non-hydrogen) atoms. The van der Waals surface area contributed by atoms with Crippen LogP contribution in [0.15, 0.2) is 12.2 Å². The Morgan fingerprint density at radius 1 is 1.00 bits per heavy atom. The summed E-state index contributed by atoms with van der Waals surface area (Å²) in [5.74, 6) is 4.07. The van der Waals surface area contributed by atoms with Crippen LogP contribution in [0.5, 0.6) is 0 Å². The van der Waals surface area contributed by atoms with Gasteiger partial charge in [-0.25, -0.2) is 0 Å². The molecule has 0 amide bonds. The molecule has 4 saturated carbocycles. The van der Waals surface area contributed by atoms with E-state index in [2.05, 4.69) is 13.0 Å². The minimum Gasteiger partial charge on any atom is -0.393 e. The second-order valence-electron chi connectivity index (χ2n) is 9.94. The number of fused-ring (bicyclic) bond motifs is 4. The fourth-order valence-electron chi connectivity index (χ4n) is 8.35. The van der Waals surface area contributed by atoms with Gasteiger partial charge in [-0.15, -0.1) is 0 Å². The summed E-state index contributed by atoms with van der Waals surface area (Å²) >= 11 is 0. The van der Waals surface area contributed by atoms with Crippen LogP contribution in [0.1, 0.15) is 71.1 Å². The predicted molar refractivity (Wildman–Crippen MR) is 94.3 cm³/mol. The number of carbonyl (C=O) groups is 1. The van der Waals surface area contributed by atoms with Crippen LogP contribution in [0, 0.1) is 40.4 Å².